The molecule has 0 amide bonds. The van der Waals surface area contributed by atoms with Crippen LogP contribution in [0.3, 0.4) is 0 Å². The summed E-state index contributed by atoms with van der Waals surface area (Å²) in [7, 11) is 2.81. The van der Waals surface area contributed by atoms with Crippen LogP contribution in [0.1, 0.15) is 19.3 Å². The van der Waals surface area contributed by atoms with Crippen molar-refractivity contribution >= 4 is 25.7 Å². The van der Waals surface area contributed by atoms with E-state index in [0.29, 0.717) is 19.3 Å². The van der Waals surface area contributed by atoms with Crippen LogP contribution in [0.4, 0.5) is 0 Å². The van der Waals surface area contributed by atoms with E-state index in [1.54, 1.807) is 0 Å². The standard InChI is InChI=1S/C7H11ClO4S/c1-12-7(9)5-3-2-4-6(5)13(8,10)11/h5-6H,2-4H2,1H3/t5-,6+/m0/s1. The van der Waals surface area contributed by atoms with E-state index in [2.05, 4.69) is 4.74 Å². The number of methoxy groups -OCH3 is 1. The van der Waals surface area contributed by atoms with Crippen molar-refractivity contribution in [2.75, 3.05) is 7.11 Å². The monoisotopic (exact) mass is 226 g/mol. The van der Waals surface area contributed by atoms with Crippen molar-refractivity contribution in [3.63, 3.8) is 0 Å². The Morgan fingerprint density at radius 1 is 1.46 bits per heavy atom. The topological polar surface area (TPSA) is 60.4 Å². The van der Waals surface area contributed by atoms with Crippen LogP contribution < -0.4 is 0 Å². The van der Waals surface area contributed by atoms with Crippen LogP contribution in [0.15, 0.2) is 0 Å². The van der Waals surface area contributed by atoms with E-state index in [4.69, 9.17) is 10.7 Å². The van der Waals surface area contributed by atoms with Crippen molar-refractivity contribution in [1.82, 2.24) is 0 Å². The number of carbonyl (C=O) groups excluding carboxylic acids is 1. The van der Waals surface area contributed by atoms with Gasteiger partial charge in [-0.2, -0.15) is 0 Å². The molecule has 4 nitrogen and oxygen atoms in total. The molecule has 1 fully saturated rings. The molecule has 2 atom stereocenters. The highest BCUT2D eigenvalue weighted by molar-refractivity contribution is 8.14. The van der Waals surface area contributed by atoms with E-state index in [1.165, 1.54) is 7.11 Å². The summed E-state index contributed by atoms with van der Waals surface area (Å²) in [6.45, 7) is 0. The number of ether oxygens (including phenoxy) is 1. The van der Waals surface area contributed by atoms with Gasteiger partial charge in [0.2, 0.25) is 9.05 Å². The molecular weight excluding hydrogens is 216 g/mol. The predicted molar refractivity (Wildman–Crippen MR) is 47.9 cm³/mol. The first kappa shape index (κ1) is 10.8. The predicted octanol–water partition coefficient (Wildman–Crippen LogP) is 0.897. The smallest absolute Gasteiger partial charge is 0.310 e. The van der Waals surface area contributed by atoms with Crippen molar-refractivity contribution in [3.8, 4) is 0 Å². The summed E-state index contributed by atoms with van der Waals surface area (Å²) in [5.41, 5.74) is 0. The molecule has 0 spiro atoms. The average Bonchev–Trinajstić information content (AvgIpc) is 2.49. The van der Waals surface area contributed by atoms with E-state index in [0.717, 1.165) is 0 Å². The summed E-state index contributed by atoms with van der Waals surface area (Å²) >= 11 is 0. The number of rotatable bonds is 2. The summed E-state index contributed by atoms with van der Waals surface area (Å²) in [4.78, 5) is 11.1. The lowest BCUT2D eigenvalue weighted by Crippen LogP contribution is -2.28. The molecule has 0 unspecified atom stereocenters. The lowest BCUT2D eigenvalue weighted by Gasteiger charge is -2.13. The lowest BCUT2D eigenvalue weighted by molar-refractivity contribution is -0.145. The van der Waals surface area contributed by atoms with Gasteiger partial charge in [-0.3, -0.25) is 4.79 Å². The van der Waals surface area contributed by atoms with Crippen LogP contribution >= 0.6 is 10.7 Å². The fourth-order valence-electron chi connectivity index (χ4n) is 1.68. The number of hydrogen-bond donors (Lipinski definition) is 0. The molecule has 0 aliphatic heterocycles. The Morgan fingerprint density at radius 3 is 2.54 bits per heavy atom. The number of hydrogen-bond acceptors (Lipinski definition) is 4. The van der Waals surface area contributed by atoms with Gasteiger partial charge in [0.25, 0.3) is 0 Å². The van der Waals surface area contributed by atoms with Gasteiger partial charge in [0.05, 0.1) is 18.3 Å². The molecule has 76 valence electrons. The van der Waals surface area contributed by atoms with Crippen molar-refractivity contribution < 1.29 is 17.9 Å². The normalized spacial score (nSPS) is 28.8. The second-order valence-corrected chi connectivity index (χ2v) is 5.92. The third-order valence-electron chi connectivity index (χ3n) is 2.32. The van der Waals surface area contributed by atoms with Gasteiger partial charge in [-0.25, -0.2) is 8.42 Å². The minimum atomic E-state index is -3.64. The molecule has 1 saturated carbocycles. The Kier molecular flexibility index (Phi) is 3.18. The maximum atomic E-state index is 11.1. The van der Waals surface area contributed by atoms with Crippen LogP contribution in [0.2, 0.25) is 0 Å². The molecule has 0 bridgehead atoms. The van der Waals surface area contributed by atoms with E-state index in [1.807, 2.05) is 0 Å². The quantitative estimate of drug-likeness (QED) is 0.519. The molecule has 1 aliphatic carbocycles. The molecule has 6 heteroatoms. The molecule has 0 radical (unpaired) electrons. The molecule has 0 aromatic rings. The Balaban J connectivity index is 2.82. The Labute approximate surface area is 81.6 Å². The maximum Gasteiger partial charge on any atom is 0.310 e. The molecule has 0 heterocycles. The van der Waals surface area contributed by atoms with Crippen LogP contribution in [-0.2, 0) is 18.6 Å². The van der Waals surface area contributed by atoms with Crippen molar-refractivity contribution in [2.24, 2.45) is 5.92 Å². The molecular formula is C7H11ClO4S. The molecule has 0 saturated heterocycles. The van der Waals surface area contributed by atoms with E-state index in [9.17, 15) is 13.2 Å². The highest BCUT2D eigenvalue weighted by Gasteiger charge is 2.41. The fourth-order valence-corrected chi connectivity index (χ4v) is 3.41. The van der Waals surface area contributed by atoms with Crippen molar-refractivity contribution in [2.45, 2.75) is 24.5 Å². The summed E-state index contributed by atoms with van der Waals surface area (Å²) in [6, 6.07) is 0. The number of esters is 1. The summed E-state index contributed by atoms with van der Waals surface area (Å²) in [6.07, 6.45) is 1.70. The third kappa shape index (κ3) is 2.34. The summed E-state index contributed by atoms with van der Waals surface area (Å²) in [5, 5.41) is -0.762. The Hall–Kier alpha value is -0.290. The molecule has 0 N–H and O–H groups in total. The van der Waals surface area contributed by atoms with E-state index >= 15 is 0 Å². The second kappa shape index (κ2) is 3.84. The Morgan fingerprint density at radius 2 is 2.08 bits per heavy atom. The van der Waals surface area contributed by atoms with Crippen LogP contribution in [-0.4, -0.2) is 26.7 Å². The van der Waals surface area contributed by atoms with E-state index in [-0.39, 0.29) is 0 Å². The number of halogens is 1. The molecule has 13 heavy (non-hydrogen) atoms. The highest BCUT2D eigenvalue weighted by atomic mass is 35.7. The van der Waals surface area contributed by atoms with Crippen LogP contribution in [0, 0.1) is 5.92 Å². The third-order valence-corrected chi connectivity index (χ3v) is 4.29. The lowest BCUT2D eigenvalue weighted by atomic mass is 10.1. The van der Waals surface area contributed by atoms with Gasteiger partial charge in [0.15, 0.2) is 0 Å². The zero-order valence-electron chi connectivity index (χ0n) is 7.20. The van der Waals surface area contributed by atoms with Gasteiger partial charge < -0.3 is 4.74 Å². The molecule has 1 aliphatic rings. The van der Waals surface area contributed by atoms with Gasteiger partial charge >= 0.3 is 5.97 Å². The van der Waals surface area contributed by atoms with Gasteiger partial charge in [-0.15, -0.1) is 0 Å². The first-order valence-corrected chi connectivity index (χ1v) is 6.35. The number of carbonyl (C=O) groups is 1. The minimum absolute atomic E-state index is 0.450. The fraction of sp³-hybridized carbons (Fsp3) is 0.857. The maximum absolute atomic E-state index is 11.1. The van der Waals surface area contributed by atoms with E-state index < -0.39 is 26.2 Å². The first-order valence-electron chi connectivity index (χ1n) is 3.98. The zero-order chi connectivity index (χ0) is 10.1. The molecule has 0 aromatic carbocycles. The van der Waals surface area contributed by atoms with Gasteiger partial charge in [-0.1, -0.05) is 6.42 Å². The van der Waals surface area contributed by atoms with Gasteiger partial charge in [-0.05, 0) is 12.8 Å². The minimum Gasteiger partial charge on any atom is -0.469 e. The van der Waals surface area contributed by atoms with Crippen molar-refractivity contribution in [1.29, 1.82) is 0 Å². The Bertz CT molecular complexity index is 298. The van der Waals surface area contributed by atoms with Crippen LogP contribution in [0.25, 0.3) is 0 Å². The zero-order valence-corrected chi connectivity index (χ0v) is 8.77. The molecule has 1 rings (SSSR count). The summed E-state index contributed by atoms with van der Waals surface area (Å²) < 4.78 is 26.5. The first-order chi connectivity index (χ1) is 5.96. The highest BCUT2D eigenvalue weighted by Crippen LogP contribution is 2.33. The average molecular weight is 227 g/mol. The summed E-state index contributed by atoms with van der Waals surface area (Å²) in [5.74, 6) is -1.06. The van der Waals surface area contributed by atoms with Crippen molar-refractivity contribution in [3.05, 3.63) is 0 Å². The van der Waals surface area contributed by atoms with Crippen LogP contribution in [0.5, 0.6) is 0 Å². The SMILES string of the molecule is COC(=O)[C@H]1CCC[C@H]1S(=O)(=O)Cl. The molecule has 0 aromatic heterocycles. The van der Waals surface area contributed by atoms with Gasteiger partial charge in [0.1, 0.15) is 0 Å². The largest absolute Gasteiger partial charge is 0.469 e. The van der Waals surface area contributed by atoms with Gasteiger partial charge in [0, 0.05) is 10.7 Å². The second-order valence-electron chi connectivity index (χ2n) is 3.07.